The number of methoxy groups -OCH3 is 1. The van der Waals surface area contributed by atoms with Crippen LogP contribution in [0.2, 0.25) is 0 Å². The number of alkyl halides is 3. The SMILES string of the molecule is COCOc1cc(C(F)(F)F)ccc1-c1nnc(S[C@@H]2CCCN(C(=O)OC(C)(C)C)C2)c(COCc2ccccc2)c1C. The average Bonchev–Trinajstić information content (AvgIpc) is 2.97. The summed E-state index contributed by atoms with van der Waals surface area (Å²) >= 11 is 1.52. The van der Waals surface area contributed by atoms with Crippen LogP contribution in [0.15, 0.2) is 53.6 Å². The van der Waals surface area contributed by atoms with Gasteiger partial charge in [-0.15, -0.1) is 10.2 Å². The van der Waals surface area contributed by atoms with Gasteiger partial charge in [-0.05, 0) is 69.9 Å². The molecule has 0 bridgehead atoms. The molecule has 1 fully saturated rings. The molecular formula is C32H38F3N3O5S. The molecule has 0 radical (unpaired) electrons. The lowest BCUT2D eigenvalue weighted by molar-refractivity contribution is -0.137. The highest BCUT2D eigenvalue weighted by Crippen LogP contribution is 2.40. The topological polar surface area (TPSA) is 83.0 Å². The fourth-order valence-corrected chi connectivity index (χ4v) is 6.02. The minimum atomic E-state index is -4.55. The predicted molar refractivity (Wildman–Crippen MR) is 161 cm³/mol. The van der Waals surface area contributed by atoms with E-state index < -0.39 is 17.3 Å². The Balaban J connectivity index is 1.66. The molecule has 8 nitrogen and oxygen atoms in total. The Morgan fingerprint density at radius 3 is 2.50 bits per heavy atom. The van der Waals surface area contributed by atoms with Crippen molar-refractivity contribution in [2.45, 2.75) is 75.8 Å². The third kappa shape index (κ3) is 9.09. The number of carbonyl (C=O) groups excluding carboxylic acids is 1. The van der Waals surface area contributed by atoms with Crippen molar-refractivity contribution in [1.29, 1.82) is 0 Å². The summed E-state index contributed by atoms with van der Waals surface area (Å²) in [6.07, 6.45) is -3.22. The van der Waals surface area contributed by atoms with E-state index in [1.807, 2.05) is 58.0 Å². The van der Waals surface area contributed by atoms with Crippen LogP contribution in [0.1, 0.15) is 55.9 Å². The molecule has 2 aromatic carbocycles. The number of thioether (sulfide) groups is 1. The third-order valence-corrected chi connectivity index (χ3v) is 8.14. The summed E-state index contributed by atoms with van der Waals surface area (Å²) in [6.45, 7) is 8.78. The number of carbonyl (C=O) groups is 1. The van der Waals surface area contributed by atoms with E-state index in [2.05, 4.69) is 10.2 Å². The normalized spacial score (nSPS) is 15.7. The van der Waals surface area contributed by atoms with Gasteiger partial charge in [-0.2, -0.15) is 13.2 Å². The van der Waals surface area contributed by atoms with E-state index in [0.29, 0.717) is 41.5 Å². The minimum Gasteiger partial charge on any atom is -0.467 e. The van der Waals surface area contributed by atoms with E-state index in [1.165, 1.54) is 24.9 Å². The van der Waals surface area contributed by atoms with Crippen LogP contribution in [0.3, 0.4) is 0 Å². The van der Waals surface area contributed by atoms with Crippen LogP contribution < -0.4 is 4.74 Å². The lowest BCUT2D eigenvalue weighted by atomic mass is 10.0. The number of halogens is 3. The van der Waals surface area contributed by atoms with Crippen LogP contribution in [-0.4, -0.2) is 59.0 Å². The minimum absolute atomic E-state index is 0.0177. The van der Waals surface area contributed by atoms with Crippen molar-refractivity contribution in [1.82, 2.24) is 15.1 Å². The first-order valence-corrected chi connectivity index (χ1v) is 15.2. The molecule has 1 saturated heterocycles. The molecule has 44 heavy (non-hydrogen) atoms. The highest BCUT2D eigenvalue weighted by atomic mass is 32.2. The summed E-state index contributed by atoms with van der Waals surface area (Å²) in [7, 11) is 1.39. The highest BCUT2D eigenvalue weighted by molar-refractivity contribution is 7.99. The molecule has 1 atom stereocenters. The highest BCUT2D eigenvalue weighted by Gasteiger charge is 2.33. The molecule has 3 aromatic rings. The maximum absolute atomic E-state index is 13.5. The number of hydrogen-bond donors (Lipinski definition) is 0. The van der Waals surface area contributed by atoms with E-state index in [9.17, 15) is 18.0 Å². The number of ether oxygens (including phenoxy) is 4. The number of benzene rings is 2. The standard InChI is InChI=1S/C32H38F3N3O5S/c1-21-26(19-41-18-22-10-7-6-8-11-22)29(44-24-12-9-15-38(17-24)30(39)43-31(2,3)4)37-36-28(21)25-14-13-23(32(33,34)35)16-27(25)42-20-40-5/h6-8,10-11,13-14,16,24H,9,12,15,17-20H2,1-5H3/t24-/m1/s1. The van der Waals surface area contributed by atoms with Crippen LogP contribution in [-0.2, 0) is 33.6 Å². The van der Waals surface area contributed by atoms with Gasteiger partial charge >= 0.3 is 12.3 Å². The smallest absolute Gasteiger partial charge is 0.416 e. The van der Waals surface area contributed by atoms with Crippen molar-refractivity contribution >= 4 is 17.9 Å². The van der Waals surface area contributed by atoms with E-state index in [0.717, 1.165) is 36.1 Å². The molecule has 238 valence electrons. The van der Waals surface area contributed by atoms with Crippen molar-refractivity contribution in [3.63, 3.8) is 0 Å². The van der Waals surface area contributed by atoms with Gasteiger partial charge in [-0.1, -0.05) is 42.1 Å². The zero-order valence-electron chi connectivity index (χ0n) is 25.6. The molecule has 1 aliphatic heterocycles. The zero-order chi connectivity index (χ0) is 31.9. The summed E-state index contributed by atoms with van der Waals surface area (Å²) in [5.74, 6) is -0.0177. The summed E-state index contributed by atoms with van der Waals surface area (Å²) in [4.78, 5) is 14.5. The monoisotopic (exact) mass is 633 g/mol. The fraction of sp³-hybridized carbons (Fsp3) is 0.469. The van der Waals surface area contributed by atoms with E-state index in [4.69, 9.17) is 18.9 Å². The molecule has 12 heteroatoms. The number of rotatable bonds is 10. The Bertz CT molecular complexity index is 1420. The van der Waals surface area contributed by atoms with Crippen LogP contribution in [0.5, 0.6) is 5.75 Å². The van der Waals surface area contributed by atoms with Crippen molar-refractivity contribution < 1.29 is 36.9 Å². The predicted octanol–water partition coefficient (Wildman–Crippen LogP) is 7.66. The number of piperidine rings is 1. The molecule has 2 heterocycles. The van der Waals surface area contributed by atoms with E-state index in [-0.39, 0.29) is 30.5 Å². The summed E-state index contributed by atoms with van der Waals surface area (Å²) in [6, 6.07) is 13.0. The Labute approximate surface area is 260 Å². The molecule has 1 aromatic heterocycles. The molecule has 0 unspecified atom stereocenters. The van der Waals surface area contributed by atoms with Crippen molar-refractivity contribution in [2.24, 2.45) is 0 Å². The molecule has 1 aliphatic rings. The summed E-state index contributed by atoms with van der Waals surface area (Å²) < 4.78 is 62.8. The van der Waals surface area contributed by atoms with Crippen molar-refractivity contribution in [3.8, 4) is 17.0 Å². The average molecular weight is 634 g/mol. The van der Waals surface area contributed by atoms with Crippen LogP contribution in [0.4, 0.5) is 18.0 Å². The number of aromatic nitrogens is 2. The number of nitrogens with zero attached hydrogens (tertiary/aromatic N) is 3. The van der Waals surface area contributed by atoms with Gasteiger partial charge < -0.3 is 23.8 Å². The van der Waals surface area contributed by atoms with Crippen molar-refractivity contribution in [3.05, 3.63) is 70.8 Å². The van der Waals surface area contributed by atoms with Crippen LogP contribution in [0.25, 0.3) is 11.3 Å². The lowest BCUT2D eigenvalue weighted by Gasteiger charge is -2.34. The molecule has 1 amide bonds. The Kier molecular flexibility index (Phi) is 11.1. The number of amides is 1. The van der Waals surface area contributed by atoms with Gasteiger partial charge in [-0.25, -0.2) is 4.79 Å². The van der Waals surface area contributed by atoms with Gasteiger partial charge in [-0.3, -0.25) is 0 Å². The molecule has 4 rings (SSSR count). The van der Waals surface area contributed by atoms with Crippen LogP contribution in [0, 0.1) is 6.92 Å². The fourth-order valence-electron chi connectivity index (χ4n) is 4.72. The molecule has 0 N–H and O–H groups in total. The van der Waals surface area contributed by atoms with E-state index in [1.54, 1.807) is 4.90 Å². The van der Waals surface area contributed by atoms with Gasteiger partial charge in [0.2, 0.25) is 0 Å². The Morgan fingerprint density at radius 1 is 1.07 bits per heavy atom. The number of hydrogen-bond acceptors (Lipinski definition) is 8. The number of likely N-dealkylation sites (tertiary alicyclic amines) is 1. The lowest BCUT2D eigenvalue weighted by Crippen LogP contribution is -2.43. The van der Waals surface area contributed by atoms with Gasteiger partial charge in [0.15, 0.2) is 6.79 Å². The van der Waals surface area contributed by atoms with Gasteiger partial charge in [0.1, 0.15) is 16.4 Å². The Hall–Kier alpha value is -3.35. The first kappa shape index (κ1) is 33.5. The Morgan fingerprint density at radius 2 is 1.82 bits per heavy atom. The molecule has 0 spiro atoms. The van der Waals surface area contributed by atoms with Gasteiger partial charge in [0.05, 0.1) is 24.5 Å². The molecule has 0 saturated carbocycles. The first-order valence-electron chi connectivity index (χ1n) is 14.3. The molecule has 0 aliphatic carbocycles. The van der Waals surface area contributed by atoms with E-state index >= 15 is 0 Å². The molecular weight excluding hydrogens is 595 g/mol. The summed E-state index contributed by atoms with van der Waals surface area (Å²) in [5, 5.41) is 9.69. The maximum atomic E-state index is 13.5. The largest absolute Gasteiger partial charge is 0.467 e. The maximum Gasteiger partial charge on any atom is 0.416 e. The zero-order valence-corrected chi connectivity index (χ0v) is 26.4. The quantitative estimate of drug-likeness (QED) is 0.211. The second-order valence-corrected chi connectivity index (χ2v) is 12.8. The third-order valence-electron chi connectivity index (χ3n) is 6.87. The van der Waals surface area contributed by atoms with Gasteiger partial charge in [0.25, 0.3) is 0 Å². The van der Waals surface area contributed by atoms with Crippen LogP contribution >= 0.6 is 11.8 Å². The van der Waals surface area contributed by atoms with Crippen molar-refractivity contribution in [2.75, 3.05) is 27.0 Å². The van der Waals surface area contributed by atoms with Gasteiger partial charge in [0, 0.05) is 36.6 Å². The first-order chi connectivity index (χ1) is 20.9. The second kappa shape index (κ2) is 14.6. The summed E-state index contributed by atoms with van der Waals surface area (Å²) in [5.41, 5.74) is 1.77. The second-order valence-electron chi connectivity index (χ2n) is 11.5.